The van der Waals surface area contributed by atoms with Crippen molar-refractivity contribution in [1.82, 2.24) is 10.2 Å². The van der Waals surface area contributed by atoms with Crippen LogP contribution in [0.3, 0.4) is 0 Å². The van der Waals surface area contributed by atoms with Gasteiger partial charge in [-0.25, -0.2) is 8.42 Å². The van der Waals surface area contributed by atoms with Crippen LogP contribution in [-0.4, -0.2) is 49.8 Å². The molecule has 1 atom stereocenters. The molecule has 0 heterocycles. The summed E-state index contributed by atoms with van der Waals surface area (Å²) in [6.45, 7) is 8.80. The molecule has 39 heavy (non-hydrogen) atoms. The Morgan fingerprint density at radius 2 is 1.51 bits per heavy atom. The molecule has 3 rings (SSSR count). The molecular formula is C30H36ClN3O4S. The average molecular weight is 570 g/mol. The monoisotopic (exact) mass is 569 g/mol. The maximum absolute atomic E-state index is 13.9. The van der Waals surface area contributed by atoms with Gasteiger partial charge in [0.1, 0.15) is 12.6 Å². The van der Waals surface area contributed by atoms with Crippen LogP contribution >= 0.6 is 11.6 Å². The third kappa shape index (κ3) is 8.07. The van der Waals surface area contributed by atoms with Crippen molar-refractivity contribution in [3.05, 3.63) is 95.0 Å². The van der Waals surface area contributed by atoms with Crippen LogP contribution in [0.2, 0.25) is 5.02 Å². The number of halogens is 1. The molecule has 0 bridgehead atoms. The number of para-hydroxylation sites is 1. The van der Waals surface area contributed by atoms with Crippen molar-refractivity contribution in [2.45, 2.75) is 57.5 Å². The maximum Gasteiger partial charge on any atom is 0.264 e. The smallest absolute Gasteiger partial charge is 0.264 e. The van der Waals surface area contributed by atoms with Gasteiger partial charge in [-0.3, -0.25) is 13.9 Å². The molecule has 0 aliphatic rings. The standard InChI is InChI=1S/C30H36ClN3O4S/c1-22-15-17-25(18-16-22)39(37,38)34(27-14-10-9-13-26(27)31)21-28(35)33(20-19-24-11-7-6-8-12-24)23(2)29(36)32-30(3,4)5/h6-18,23H,19-21H2,1-5H3,(H,32,36)/t23-/m0/s1. The summed E-state index contributed by atoms with van der Waals surface area (Å²) >= 11 is 6.43. The summed E-state index contributed by atoms with van der Waals surface area (Å²) in [5.74, 6) is -0.840. The Balaban J connectivity index is 1.99. The molecule has 0 saturated heterocycles. The first-order valence-electron chi connectivity index (χ1n) is 12.8. The SMILES string of the molecule is Cc1ccc(S(=O)(=O)N(CC(=O)N(CCc2ccccc2)[C@@H](C)C(=O)NC(C)(C)C)c2ccccc2Cl)cc1. The highest BCUT2D eigenvalue weighted by Gasteiger charge is 2.33. The number of hydrogen-bond donors (Lipinski definition) is 1. The van der Waals surface area contributed by atoms with Crippen LogP contribution in [0.4, 0.5) is 5.69 Å². The molecule has 208 valence electrons. The lowest BCUT2D eigenvalue weighted by Crippen LogP contribution is -2.55. The molecule has 3 aromatic rings. The molecule has 0 saturated carbocycles. The molecule has 0 radical (unpaired) electrons. The van der Waals surface area contributed by atoms with E-state index in [1.54, 1.807) is 43.3 Å². The molecule has 2 amide bonds. The Morgan fingerprint density at radius 1 is 0.923 bits per heavy atom. The Hall–Kier alpha value is -3.36. The van der Waals surface area contributed by atoms with Crippen molar-refractivity contribution in [3.63, 3.8) is 0 Å². The fourth-order valence-corrected chi connectivity index (χ4v) is 5.77. The number of carbonyl (C=O) groups is 2. The van der Waals surface area contributed by atoms with Crippen LogP contribution in [-0.2, 0) is 26.0 Å². The molecule has 0 aromatic heterocycles. The number of hydrogen-bond acceptors (Lipinski definition) is 4. The van der Waals surface area contributed by atoms with Gasteiger partial charge in [0.15, 0.2) is 0 Å². The Labute approximate surface area is 236 Å². The van der Waals surface area contributed by atoms with E-state index in [0.717, 1.165) is 15.4 Å². The zero-order valence-electron chi connectivity index (χ0n) is 23.0. The summed E-state index contributed by atoms with van der Waals surface area (Å²) < 4.78 is 28.7. The number of aryl methyl sites for hydroxylation is 1. The van der Waals surface area contributed by atoms with Crippen molar-refractivity contribution in [2.24, 2.45) is 0 Å². The summed E-state index contributed by atoms with van der Waals surface area (Å²) in [6.07, 6.45) is 0.497. The minimum Gasteiger partial charge on any atom is -0.350 e. The number of anilines is 1. The van der Waals surface area contributed by atoms with E-state index in [9.17, 15) is 18.0 Å². The van der Waals surface area contributed by atoms with Crippen molar-refractivity contribution >= 4 is 39.1 Å². The molecule has 0 aliphatic carbocycles. The highest BCUT2D eigenvalue weighted by Crippen LogP contribution is 2.30. The van der Waals surface area contributed by atoms with Crippen molar-refractivity contribution < 1.29 is 18.0 Å². The average Bonchev–Trinajstić information content (AvgIpc) is 2.87. The maximum atomic E-state index is 13.9. The van der Waals surface area contributed by atoms with E-state index in [-0.39, 0.29) is 28.1 Å². The van der Waals surface area contributed by atoms with Gasteiger partial charge in [-0.15, -0.1) is 0 Å². The minimum absolute atomic E-state index is 0.0372. The largest absolute Gasteiger partial charge is 0.350 e. The highest BCUT2D eigenvalue weighted by molar-refractivity contribution is 7.92. The first-order chi connectivity index (χ1) is 18.3. The predicted molar refractivity (Wildman–Crippen MR) is 156 cm³/mol. The van der Waals surface area contributed by atoms with E-state index in [0.29, 0.717) is 6.42 Å². The molecule has 9 heteroatoms. The molecule has 0 aliphatic heterocycles. The highest BCUT2D eigenvalue weighted by atomic mass is 35.5. The van der Waals surface area contributed by atoms with Crippen LogP contribution in [0.15, 0.2) is 83.8 Å². The van der Waals surface area contributed by atoms with Gasteiger partial charge in [0.2, 0.25) is 11.8 Å². The predicted octanol–water partition coefficient (Wildman–Crippen LogP) is 5.22. The van der Waals surface area contributed by atoms with Gasteiger partial charge in [0, 0.05) is 12.1 Å². The second-order valence-corrected chi connectivity index (χ2v) is 12.8. The van der Waals surface area contributed by atoms with Gasteiger partial charge < -0.3 is 10.2 Å². The van der Waals surface area contributed by atoms with Crippen LogP contribution < -0.4 is 9.62 Å². The quantitative estimate of drug-likeness (QED) is 0.363. The van der Waals surface area contributed by atoms with Crippen LogP contribution in [0.25, 0.3) is 0 Å². The van der Waals surface area contributed by atoms with Gasteiger partial charge in [-0.2, -0.15) is 0 Å². The summed E-state index contributed by atoms with van der Waals surface area (Å²) in [7, 11) is -4.16. The van der Waals surface area contributed by atoms with E-state index in [4.69, 9.17) is 11.6 Å². The van der Waals surface area contributed by atoms with E-state index in [1.165, 1.54) is 17.0 Å². The normalized spacial score (nSPS) is 12.5. The fraction of sp³-hybridized carbons (Fsp3) is 0.333. The number of benzene rings is 3. The first kappa shape index (κ1) is 30.2. The van der Waals surface area contributed by atoms with Crippen LogP contribution in [0.5, 0.6) is 0 Å². The van der Waals surface area contributed by atoms with Gasteiger partial charge >= 0.3 is 0 Å². The third-order valence-electron chi connectivity index (χ3n) is 6.16. The molecule has 0 fully saturated rings. The number of sulfonamides is 1. The van der Waals surface area contributed by atoms with Crippen LogP contribution in [0, 0.1) is 6.92 Å². The van der Waals surface area contributed by atoms with E-state index in [2.05, 4.69) is 5.32 Å². The van der Waals surface area contributed by atoms with Crippen LogP contribution in [0.1, 0.15) is 38.8 Å². The van der Waals surface area contributed by atoms with E-state index < -0.39 is 34.1 Å². The Kier molecular flexibility index (Phi) is 9.80. The Morgan fingerprint density at radius 3 is 2.10 bits per heavy atom. The third-order valence-corrected chi connectivity index (χ3v) is 8.25. The summed E-state index contributed by atoms with van der Waals surface area (Å²) in [4.78, 5) is 28.5. The molecule has 0 unspecified atom stereocenters. The number of carbonyl (C=O) groups excluding carboxylic acids is 2. The summed E-state index contributed by atoms with van der Waals surface area (Å²) in [5.41, 5.74) is 1.58. The Bertz CT molecular complexity index is 1390. The molecule has 0 spiro atoms. The second kappa shape index (κ2) is 12.7. The summed E-state index contributed by atoms with van der Waals surface area (Å²) in [5, 5.41) is 3.11. The van der Waals surface area contributed by atoms with Gasteiger partial charge in [0.25, 0.3) is 10.0 Å². The van der Waals surface area contributed by atoms with Gasteiger partial charge in [-0.05, 0) is 70.9 Å². The van der Waals surface area contributed by atoms with E-state index >= 15 is 0 Å². The topological polar surface area (TPSA) is 86.8 Å². The van der Waals surface area contributed by atoms with Gasteiger partial charge in [-0.1, -0.05) is 71.8 Å². The minimum atomic E-state index is -4.16. The molecule has 7 nitrogen and oxygen atoms in total. The lowest BCUT2D eigenvalue weighted by molar-refractivity contribution is -0.139. The van der Waals surface area contributed by atoms with Crippen molar-refractivity contribution in [3.8, 4) is 0 Å². The second-order valence-electron chi connectivity index (χ2n) is 10.5. The first-order valence-corrected chi connectivity index (χ1v) is 14.6. The molecular weight excluding hydrogens is 534 g/mol. The number of rotatable bonds is 10. The number of nitrogens with one attached hydrogen (secondary N) is 1. The number of nitrogens with zero attached hydrogens (tertiary/aromatic N) is 2. The van der Waals surface area contributed by atoms with E-state index in [1.807, 2.05) is 58.0 Å². The van der Waals surface area contributed by atoms with Crippen molar-refractivity contribution in [1.29, 1.82) is 0 Å². The number of amides is 2. The zero-order valence-corrected chi connectivity index (χ0v) is 24.6. The van der Waals surface area contributed by atoms with Crippen molar-refractivity contribution in [2.75, 3.05) is 17.4 Å². The lowest BCUT2D eigenvalue weighted by Gasteiger charge is -2.33. The lowest BCUT2D eigenvalue weighted by atomic mass is 10.1. The molecule has 3 aromatic carbocycles. The zero-order chi connectivity index (χ0) is 28.8. The van der Waals surface area contributed by atoms with Gasteiger partial charge in [0.05, 0.1) is 15.6 Å². The summed E-state index contributed by atoms with van der Waals surface area (Å²) in [6, 6.07) is 21.7. The molecule has 1 N–H and O–H groups in total. The fourth-order valence-electron chi connectivity index (χ4n) is 4.05.